The van der Waals surface area contributed by atoms with Gasteiger partial charge in [0.2, 0.25) is 11.8 Å². The van der Waals surface area contributed by atoms with Gasteiger partial charge in [0.15, 0.2) is 0 Å². The lowest BCUT2D eigenvalue weighted by Gasteiger charge is -2.34. The number of aromatic hydroxyl groups is 1. The normalized spacial score (nSPS) is 17.8. The zero-order valence-electron chi connectivity index (χ0n) is 23.5. The molecule has 222 valence electrons. The zero-order valence-corrected chi connectivity index (χ0v) is 23.5. The highest BCUT2D eigenvalue weighted by Crippen LogP contribution is 2.18. The number of hydrogen-bond acceptors (Lipinski definition) is 8. The Morgan fingerprint density at radius 3 is 1.95 bits per heavy atom. The number of nitrogens with one attached hydrogen (secondary N) is 1. The first-order valence-corrected chi connectivity index (χ1v) is 13.7. The number of ether oxygens (including phenoxy) is 3. The number of phenols is 1. The van der Waals surface area contributed by atoms with Crippen molar-refractivity contribution in [2.45, 2.75) is 76.7 Å². The van der Waals surface area contributed by atoms with Crippen LogP contribution in [0.15, 0.2) is 24.3 Å². The minimum absolute atomic E-state index is 0.103. The molecule has 12 nitrogen and oxygen atoms in total. The lowest BCUT2D eigenvalue weighted by Crippen LogP contribution is -2.53. The van der Waals surface area contributed by atoms with Crippen LogP contribution in [0, 0.1) is 0 Å². The minimum atomic E-state index is -0.967. The van der Waals surface area contributed by atoms with Gasteiger partial charge in [-0.1, -0.05) is 12.1 Å². The summed E-state index contributed by atoms with van der Waals surface area (Å²) in [5.41, 5.74) is 0.185. The summed E-state index contributed by atoms with van der Waals surface area (Å²) >= 11 is 0. The number of esters is 1. The number of carbonyl (C=O) groups is 4. The third-order valence-corrected chi connectivity index (χ3v) is 6.78. The lowest BCUT2D eigenvalue weighted by molar-refractivity contribution is -0.163. The maximum atomic E-state index is 13.5. The first-order chi connectivity index (χ1) is 18.9. The van der Waals surface area contributed by atoms with E-state index in [1.165, 1.54) is 17.0 Å². The smallest absolute Gasteiger partial charge is 0.407 e. The Morgan fingerprint density at radius 2 is 1.43 bits per heavy atom. The van der Waals surface area contributed by atoms with Crippen LogP contribution in [-0.2, 0) is 35.0 Å². The molecule has 2 heterocycles. The third kappa shape index (κ3) is 10.3. The van der Waals surface area contributed by atoms with Crippen LogP contribution in [0.5, 0.6) is 5.75 Å². The summed E-state index contributed by atoms with van der Waals surface area (Å²) in [5.74, 6) is -1.00. The Morgan fingerprint density at radius 1 is 0.900 bits per heavy atom. The van der Waals surface area contributed by atoms with Gasteiger partial charge in [0, 0.05) is 32.6 Å². The van der Waals surface area contributed by atoms with Crippen LogP contribution in [0.3, 0.4) is 0 Å². The van der Waals surface area contributed by atoms with Crippen molar-refractivity contribution in [1.29, 1.82) is 0 Å². The van der Waals surface area contributed by atoms with Crippen LogP contribution < -0.4 is 5.32 Å². The summed E-state index contributed by atoms with van der Waals surface area (Å²) in [6.07, 6.45) is 0.956. The molecule has 2 saturated heterocycles. The highest BCUT2D eigenvalue weighted by molar-refractivity contribution is 5.88. The van der Waals surface area contributed by atoms with E-state index in [9.17, 15) is 24.3 Å². The molecule has 2 fully saturated rings. The standard InChI is InChI=1S/C28H41N3O9/c1-28(2,3)40-25(34)18-39-22-8-12-30(13-9-22)26(35)23(16-19-4-6-20(32)7-5-19)29-24(33)17-38-21-10-14-31(15-11-21)27(36)37/h4-7,21-23,32H,8-18H2,1-3H3,(H,29,33)(H,36,37)/t23-/m0/s1. The second kappa shape index (κ2) is 14.3. The Bertz CT molecular complexity index is 1010. The van der Waals surface area contributed by atoms with Crippen molar-refractivity contribution < 1.29 is 43.6 Å². The SMILES string of the molecule is CC(C)(C)OC(=O)COC1CCN(C(=O)[C@H](Cc2ccc(O)cc2)NC(=O)COC2CCN(C(=O)O)CC2)CC1. The number of nitrogens with zero attached hydrogens (tertiary/aromatic N) is 2. The predicted octanol–water partition coefficient (Wildman–Crippen LogP) is 1.93. The quantitative estimate of drug-likeness (QED) is 0.362. The largest absolute Gasteiger partial charge is 0.508 e. The number of hydrogen-bond donors (Lipinski definition) is 3. The number of likely N-dealkylation sites (tertiary alicyclic amines) is 2. The Labute approximate surface area is 234 Å². The topological polar surface area (TPSA) is 155 Å². The molecule has 0 unspecified atom stereocenters. The Balaban J connectivity index is 1.52. The minimum Gasteiger partial charge on any atom is -0.508 e. The van der Waals surface area contributed by atoms with Gasteiger partial charge in [-0.2, -0.15) is 0 Å². The fourth-order valence-corrected chi connectivity index (χ4v) is 4.73. The van der Waals surface area contributed by atoms with Crippen molar-refractivity contribution in [3.63, 3.8) is 0 Å². The monoisotopic (exact) mass is 563 g/mol. The van der Waals surface area contributed by atoms with Gasteiger partial charge in [-0.3, -0.25) is 9.59 Å². The number of piperidine rings is 2. The number of rotatable bonds is 10. The molecule has 0 aliphatic carbocycles. The van der Waals surface area contributed by atoms with Gasteiger partial charge in [-0.15, -0.1) is 0 Å². The van der Waals surface area contributed by atoms with Crippen LogP contribution in [0.1, 0.15) is 52.0 Å². The molecular weight excluding hydrogens is 522 g/mol. The van der Waals surface area contributed by atoms with E-state index in [4.69, 9.17) is 19.3 Å². The van der Waals surface area contributed by atoms with Gasteiger partial charge < -0.3 is 39.5 Å². The van der Waals surface area contributed by atoms with Crippen LogP contribution in [0.2, 0.25) is 0 Å². The van der Waals surface area contributed by atoms with Gasteiger partial charge >= 0.3 is 12.1 Å². The fraction of sp³-hybridized carbons (Fsp3) is 0.643. The molecule has 0 bridgehead atoms. The number of carboxylic acid groups (broad SMARTS) is 1. The molecule has 2 aliphatic rings. The third-order valence-electron chi connectivity index (χ3n) is 6.78. The van der Waals surface area contributed by atoms with Gasteiger partial charge in [0.25, 0.3) is 0 Å². The van der Waals surface area contributed by atoms with E-state index in [0.29, 0.717) is 51.9 Å². The second-order valence-electron chi connectivity index (χ2n) is 11.2. The van der Waals surface area contributed by atoms with Crippen molar-refractivity contribution >= 4 is 23.9 Å². The molecular formula is C28H41N3O9. The summed E-state index contributed by atoms with van der Waals surface area (Å²) in [6, 6.07) is 5.61. The molecule has 1 aromatic carbocycles. The first kappa shape index (κ1) is 31.2. The van der Waals surface area contributed by atoms with Crippen LogP contribution in [0.25, 0.3) is 0 Å². The summed E-state index contributed by atoms with van der Waals surface area (Å²) in [7, 11) is 0. The molecule has 0 aromatic heterocycles. The van der Waals surface area contributed by atoms with Crippen molar-refractivity contribution in [2.75, 3.05) is 39.4 Å². The average Bonchev–Trinajstić information content (AvgIpc) is 2.91. The van der Waals surface area contributed by atoms with Gasteiger partial charge in [-0.25, -0.2) is 9.59 Å². The van der Waals surface area contributed by atoms with Gasteiger partial charge in [-0.05, 0) is 64.2 Å². The average molecular weight is 564 g/mol. The molecule has 0 radical (unpaired) electrons. The second-order valence-corrected chi connectivity index (χ2v) is 11.2. The first-order valence-electron chi connectivity index (χ1n) is 13.7. The number of amides is 3. The van der Waals surface area contributed by atoms with E-state index in [1.54, 1.807) is 37.8 Å². The van der Waals surface area contributed by atoms with E-state index < -0.39 is 29.6 Å². The van der Waals surface area contributed by atoms with Crippen LogP contribution >= 0.6 is 0 Å². The van der Waals surface area contributed by atoms with Crippen molar-refractivity contribution in [2.24, 2.45) is 0 Å². The van der Waals surface area contributed by atoms with Crippen molar-refractivity contribution in [3.8, 4) is 5.75 Å². The molecule has 0 saturated carbocycles. The molecule has 1 atom stereocenters. The Kier molecular flexibility index (Phi) is 11.1. The van der Waals surface area contributed by atoms with E-state index in [2.05, 4.69) is 5.32 Å². The molecule has 3 N–H and O–H groups in total. The van der Waals surface area contributed by atoms with E-state index in [-0.39, 0.29) is 43.5 Å². The molecule has 3 rings (SSSR count). The van der Waals surface area contributed by atoms with E-state index in [0.717, 1.165) is 5.56 Å². The fourth-order valence-electron chi connectivity index (χ4n) is 4.73. The highest BCUT2D eigenvalue weighted by Gasteiger charge is 2.31. The maximum absolute atomic E-state index is 13.5. The Hall–Kier alpha value is -3.38. The summed E-state index contributed by atoms with van der Waals surface area (Å²) in [4.78, 5) is 52.3. The molecule has 3 amide bonds. The molecule has 12 heteroatoms. The van der Waals surface area contributed by atoms with E-state index >= 15 is 0 Å². The molecule has 40 heavy (non-hydrogen) atoms. The summed E-state index contributed by atoms with van der Waals surface area (Å²) < 4.78 is 16.7. The summed E-state index contributed by atoms with van der Waals surface area (Å²) in [6.45, 7) is 6.51. The lowest BCUT2D eigenvalue weighted by atomic mass is 10.0. The zero-order chi connectivity index (χ0) is 29.3. The van der Waals surface area contributed by atoms with Crippen LogP contribution in [-0.4, -0.2) is 107 Å². The number of carbonyl (C=O) groups excluding carboxylic acids is 3. The molecule has 2 aliphatic heterocycles. The highest BCUT2D eigenvalue weighted by atomic mass is 16.6. The number of phenolic OH excluding ortho intramolecular Hbond substituents is 1. The molecule has 0 spiro atoms. The van der Waals surface area contributed by atoms with Gasteiger partial charge in [0.1, 0.15) is 30.6 Å². The van der Waals surface area contributed by atoms with Crippen molar-refractivity contribution in [3.05, 3.63) is 29.8 Å². The number of benzene rings is 1. The van der Waals surface area contributed by atoms with Gasteiger partial charge in [0.05, 0.1) is 12.2 Å². The molecule has 1 aromatic rings. The van der Waals surface area contributed by atoms with Crippen molar-refractivity contribution in [1.82, 2.24) is 15.1 Å². The van der Waals surface area contributed by atoms with E-state index in [1.807, 2.05) is 0 Å². The summed E-state index contributed by atoms with van der Waals surface area (Å²) in [5, 5.41) is 21.5. The predicted molar refractivity (Wildman–Crippen MR) is 144 cm³/mol. The van der Waals surface area contributed by atoms with Crippen LogP contribution in [0.4, 0.5) is 4.79 Å². The maximum Gasteiger partial charge on any atom is 0.407 e.